The molecule has 116 valence electrons. The molecule has 2 N–H and O–H groups in total. The molecule has 0 aliphatic carbocycles. The minimum absolute atomic E-state index is 0.155. The molecular weight excluding hydrogens is 292 g/mol. The minimum atomic E-state index is -0.155. The molecule has 1 amide bonds. The van der Waals surface area contributed by atoms with Crippen molar-refractivity contribution in [1.82, 2.24) is 4.98 Å². The lowest BCUT2D eigenvalue weighted by Crippen LogP contribution is -2.03. The van der Waals surface area contributed by atoms with E-state index in [1.807, 2.05) is 24.3 Å². The molecular formula is C18H16N2O3. The highest BCUT2D eigenvalue weighted by Gasteiger charge is 2.26. The number of benzene rings is 1. The number of carbonyl (C=O) groups excluding carboxylic acids is 1. The Morgan fingerprint density at radius 2 is 2.13 bits per heavy atom. The number of methoxy groups -OCH3 is 2. The monoisotopic (exact) mass is 308 g/mol. The van der Waals surface area contributed by atoms with Crippen LogP contribution >= 0.6 is 0 Å². The summed E-state index contributed by atoms with van der Waals surface area (Å²) in [5.74, 6) is 6.51. The van der Waals surface area contributed by atoms with E-state index < -0.39 is 0 Å². The van der Waals surface area contributed by atoms with Gasteiger partial charge in [-0.15, -0.1) is 0 Å². The summed E-state index contributed by atoms with van der Waals surface area (Å²) in [5.41, 5.74) is 3.65. The van der Waals surface area contributed by atoms with E-state index in [4.69, 9.17) is 9.47 Å². The largest absolute Gasteiger partial charge is 0.495 e. The predicted molar refractivity (Wildman–Crippen MR) is 89.0 cm³/mol. The number of hydrogen-bond acceptors (Lipinski definition) is 3. The van der Waals surface area contributed by atoms with Crippen LogP contribution < -0.4 is 10.1 Å². The Labute approximate surface area is 134 Å². The van der Waals surface area contributed by atoms with Gasteiger partial charge < -0.3 is 19.8 Å². The van der Waals surface area contributed by atoms with Crippen LogP contribution in [0.3, 0.4) is 0 Å². The zero-order chi connectivity index (χ0) is 16.2. The van der Waals surface area contributed by atoms with Gasteiger partial charge in [0.2, 0.25) is 0 Å². The van der Waals surface area contributed by atoms with E-state index in [1.54, 1.807) is 26.5 Å². The number of hydrogen-bond donors (Lipinski definition) is 2. The maximum Gasteiger partial charge on any atom is 0.256 e. The first kappa shape index (κ1) is 14.9. The average Bonchev–Trinajstić information content (AvgIpc) is 3.13. The van der Waals surface area contributed by atoms with Gasteiger partial charge in [0.15, 0.2) is 0 Å². The molecule has 0 spiro atoms. The Morgan fingerprint density at radius 3 is 2.91 bits per heavy atom. The molecule has 2 heterocycles. The maximum atomic E-state index is 12.3. The quantitative estimate of drug-likeness (QED) is 0.676. The van der Waals surface area contributed by atoms with Crippen LogP contribution in [0.25, 0.3) is 11.6 Å². The van der Waals surface area contributed by atoms with Crippen molar-refractivity contribution in [2.45, 2.75) is 0 Å². The molecule has 0 atom stereocenters. The molecule has 23 heavy (non-hydrogen) atoms. The van der Waals surface area contributed by atoms with E-state index >= 15 is 0 Å². The third-order valence-electron chi connectivity index (χ3n) is 3.51. The molecule has 0 saturated heterocycles. The zero-order valence-corrected chi connectivity index (χ0v) is 12.9. The smallest absolute Gasteiger partial charge is 0.256 e. The number of amides is 1. The van der Waals surface area contributed by atoms with E-state index in [2.05, 4.69) is 22.1 Å². The van der Waals surface area contributed by atoms with Crippen molar-refractivity contribution in [2.75, 3.05) is 26.1 Å². The van der Waals surface area contributed by atoms with Crippen molar-refractivity contribution in [2.24, 2.45) is 0 Å². The van der Waals surface area contributed by atoms with Gasteiger partial charge in [0.25, 0.3) is 5.91 Å². The molecule has 1 aromatic carbocycles. The first-order chi connectivity index (χ1) is 11.2. The molecule has 0 unspecified atom stereocenters. The summed E-state index contributed by atoms with van der Waals surface area (Å²) in [4.78, 5) is 15.4. The van der Waals surface area contributed by atoms with Gasteiger partial charge >= 0.3 is 0 Å². The van der Waals surface area contributed by atoms with Crippen molar-refractivity contribution >= 4 is 23.2 Å². The number of nitrogens with one attached hydrogen (secondary N) is 2. The van der Waals surface area contributed by atoms with E-state index in [0.29, 0.717) is 17.9 Å². The highest BCUT2D eigenvalue weighted by molar-refractivity contribution is 6.35. The fourth-order valence-electron chi connectivity index (χ4n) is 2.50. The fraction of sp³-hybridized carbons (Fsp3) is 0.167. The van der Waals surface area contributed by atoms with Crippen LogP contribution in [0, 0.1) is 11.8 Å². The zero-order valence-electron chi connectivity index (χ0n) is 12.9. The number of H-pyrrole nitrogens is 1. The first-order valence-corrected chi connectivity index (χ1v) is 7.10. The van der Waals surface area contributed by atoms with Gasteiger partial charge in [-0.05, 0) is 24.3 Å². The van der Waals surface area contributed by atoms with Crippen molar-refractivity contribution in [1.29, 1.82) is 0 Å². The van der Waals surface area contributed by atoms with Crippen LogP contribution in [0.5, 0.6) is 5.75 Å². The summed E-state index contributed by atoms with van der Waals surface area (Å²) in [6.45, 7) is 0.342. The second kappa shape index (κ2) is 6.42. The number of fused-ring (bicyclic) bond motifs is 1. The van der Waals surface area contributed by atoms with Crippen LogP contribution in [0.2, 0.25) is 0 Å². The van der Waals surface area contributed by atoms with Gasteiger partial charge in [0.05, 0.1) is 24.1 Å². The number of ether oxygens (including phenoxy) is 2. The lowest BCUT2D eigenvalue weighted by molar-refractivity contribution is -0.110. The topological polar surface area (TPSA) is 63.4 Å². The summed E-state index contributed by atoms with van der Waals surface area (Å²) in [6, 6.07) is 7.43. The van der Waals surface area contributed by atoms with Crippen molar-refractivity contribution in [3.8, 4) is 17.6 Å². The summed E-state index contributed by atoms with van der Waals surface area (Å²) in [6.07, 6.45) is 3.55. The Morgan fingerprint density at radius 1 is 1.26 bits per heavy atom. The number of anilines is 1. The SMILES string of the molecule is COCC#Cc1cccc2c1C(=Cc1[nH]ccc1OC)C(=O)N2. The Balaban J connectivity index is 2.10. The van der Waals surface area contributed by atoms with Crippen LogP contribution in [0.4, 0.5) is 5.69 Å². The summed E-state index contributed by atoms with van der Waals surface area (Å²) in [5, 5.41) is 2.87. The normalized spacial score (nSPS) is 14.2. The van der Waals surface area contributed by atoms with Gasteiger partial charge in [0.1, 0.15) is 12.4 Å². The second-order valence-corrected chi connectivity index (χ2v) is 4.93. The standard InChI is InChI=1S/C18H16N2O3/c1-22-10-4-6-12-5-3-7-14-17(12)13(18(21)20-14)11-15-16(23-2)8-9-19-15/h3,5,7-9,11,19H,10H2,1-2H3,(H,20,21). The second-order valence-electron chi connectivity index (χ2n) is 4.93. The van der Waals surface area contributed by atoms with Crippen molar-refractivity contribution in [3.63, 3.8) is 0 Å². The Bertz CT molecular complexity index is 837. The molecule has 2 aromatic rings. The molecule has 5 nitrogen and oxygen atoms in total. The third kappa shape index (κ3) is 2.85. The summed E-state index contributed by atoms with van der Waals surface area (Å²) < 4.78 is 10.2. The molecule has 0 saturated carbocycles. The molecule has 1 aromatic heterocycles. The molecule has 1 aliphatic heterocycles. The first-order valence-electron chi connectivity index (χ1n) is 7.10. The number of rotatable bonds is 3. The van der Waals surface area contributed by atoms with E-state index in [0.717, 1.165) is 22.5 Å². The van der Waals surface area contributed by atoms with E-state index in [1.165, 1.54) is 0 Å². The molecule has 0 radical (unpaired) electrons. The van der Waals surface area contributed by atoms with E-state index in [-0.39, 0.29) is 5.91 Å². The van der Waals surface area contributed by atoms with Gasteiger partial charge in [-0.1, -0.05) is 17.9 Å². The third-order valence-corrected chi connectivity index (χ3v) is 3.51. The highest BCUT2D eigenvalue weighted by Crippen LogP contribution is 2.36. The Kier molecular flexibility index (Phi) is 4.18. The molecule has 0 bridgehead atoms. The van der Waals surface area contributed by atoms with Gasteiger partial charge in [0, 0.05) is 24.4 Å². The average molecular weight is 308 g/mol. The predicted octanol–water partition coefficient (Wildman–Crippen LogP) is 2.51. The highest BCUT2D eigenvalue weighted by atomic mass is 16.5. The van der Waals surface area contributed by atoms with Crippen molar-refractivity contribution < 1.29 is 14.3 Å². The number of carbonyl (C=O) groups is 1. The van der Waals surface area contributed by atoms with Gasteiger partial charge in [-0.25, -0.2) is 0 Å². The molecule has 0 fully saturated rings. The Hall–Kier alpha value is -2.97. The molecule has 3 rings (SSSR count). The minimum Gasteiger partial charge on any atom is -0.495 e. The van der Waals surface area contributed by atoms with Crippen LogP contribution in [-0.2, 0) is 9.53 Å². The lowest BCUT2D eigenvalue weighted by atomic mass is 10.00. The summed E-state index contributed by atoms with van der Waals surface area (Å²) in [7, 11) is 3.19. The van der Waals surface area contributed by atoms with Gasteiger partial charge in [-0.3, -0.25) is 4.79 Å². The van der Waals surface area contributed by atoms with Crippen LogP contribution in [0.15, 0.2) is 30.5 Å². The molecule has 5 heteroatoms. The van der Waals surface area contributed by atoms with Crippen molar-refractivity contribution in [3.05, 3.63) is 47.3 Å². The summed E-state index contributed by atoms with van der Waals surface area (Å²) >= 11 is 0. The van der Waals surface area contributed by atoms with Crippen LogP contribution in [-0.4, -0.2) is 31.7 Å². The molecule has 1 aliphatic rings. The lowest BCUT2D eigenvalue weighted by Gasteiger charge is -2.03. The van der Waals surface area contributed by atoms with Gasteiger partial charge in [-0.2, -0.15) is 0 Å². The maximum absolute atomic E-state index is 12.3. The van der Waals surface area contributed by atoms with E-state index in [9.17, 15) is 4.79 Å². The number of aromatic amines is 1. The fourth-order valence-corrected chi connectivity index (χ4v) is 2.50. The van der Waals surface area contributed by atoms with Crippen LogP contribution in [0.1, 0.15) is 16.8 Å². The number of aromatic nitrogens is 1.